The lowest BCUT2D eigenvalue weighted by atomic mass is 9.81. The highest BCUT2D eigenvalue weighted by molar-refractivity contribution is 6.01. The third-order valence-electron chi connectivity index (χ3n) is 4.29. The van der Waals surface area contributed by atoms with Crippen LogP contribution in [0.5, 0.6) is 0 Å². The van der Waals surface area contributed by atoms with Gasteiger partial charge in [0.2, 0.25) is 0 Å². The first-order valence-corrected chi connectivity index (χ1v) is 7.80. The molecule has 120 valence electrons. The zero-order valence-electron chi connectivity index (χ0n) is 13.0. The highest BCUT2D eigenvalue weighted by Crippen LogP contribution is 2.28. The van der Waals surface area contributed by atoms with Gasteiger partial charge in [-0.3, -0.25) is 9.59 Å². The monoisotopic (exact) mass is 304 g/mol. The summed E-state index contributed by atoms with van der Waals surface area (Å²) in [4.78, 5) is 23.8. The van der Waals surface area contributed by atoms with E-state index in [-0.39, 0.29) is 30.3 Å². The maximum absolute atomic E-state index is 12.6. The summed E-state index contributed by atoms with van der Waals surface area (Å²) in [6, 6.07) is 7.38. The number of hydrogen-bond donors (Lipinski definition) is 2. The Bertz CT molecular complexity index is 530. The minimum Gasteiger partial charge on any atom is -0.468 e. The van der Waals surface area contributed by atoms with Gasteiger partial charge in [-0.15, -0.1) is 0 Å². The molecule has 0 heterocycles. The molecule has 22 heavy (non-hydrogen) atoms. The minimum atomic E-state index is -0.364. The number of methoxy groups -OCH3 is 1. The van der Waals surface area contributed by atoms with Crippen LogP contribution in [0.25, 0.3) is 0 Å². The van der Waals surface area contributed by atoms with Crippen molar-refractivity contribution >= 4 is 17.4 Å². The van der Waals surface area contributed by atoms with E-state index in [1.54, 1.807) is 12.1 Å². The fraction of sp³-hybridized carbons (Fsp3) is 0.529. The van der Waals surface area contributed by atoms with E-state index in [1.807, 2.05) is 12.1 Å². The van der Waals surface area contributed by atoms with E-state index in [2.05, 4.69) is 10.1 Å². The Hall–Kier alpha value is -1.88. The van der Waals surface area contributed by atoms with Crippen LogP contribution >= 0.6 is 0 Å². The van der Waals surface area contributed by atoms with Gasteiger partial charge in [0.15, 0.2) is 5.78 Å². The number of hydrogen-bond acceptors (Lipinski definition) is 5. The van der Waals surface area contributed by atoms with E-state index in [9.17, 15) is 9.59 Å². The van der Waals surface area contributed by atoms with Crippen molar-refractivity contribution in [1.82, 2.24) is 0 Å². The van der Waals surface area contributed by atoms with Crippen LogP contribution in [0, 0.1) is 5.92 Å². The smallest absolute Gasteiger partial charge is 0.325 e. The Morgan fingerprint density at radius 2 is 2.00 bits per heavy atom. The van der Waals surface area contributed by atoms with Gasteiger partial charge in [-0.25, -0.2) is 0 Å². The summed E-state index contributed by atoms with van der Waals surface area (Å²) >= 11 is 0. The molecule has 2 unspecified atom stereocenters. The van der Waals surface area contributed by atoms with E-state index in [4.69, 9.17) is 5.73 Å². The molecule has 0 bridgehead atoms. The van der Waals surface area contributed by atoms with E-state index in [1.165, 1.54) is 7.11 Å². The molecule has 1 aromatic carbocycles. The standard InChI is InChI=1S/C17H24N2O3/c1-22-17(21)11-19-15-9-5-3-7-13(15)16(20)10-12-6-2-4-8-14(12)18/h3,5,7,9,12,14,19H,2,4,6,8,10-11,18H2,1H3. The normalized spacial score (nSPS) is 21.2. The predicted octanol–water partition coefficient (Wildman–Crippen LogP) is 2.36. The second-order valence-electron chi connectivity index (χ2n) is 5.81. The molecule has 0 radical (unpaired) electrons. The molecule has 5 heteroatoms. The van der Waals surface area contributed by atoms with E-state index >= 15 is 0 Å². The minimum absolute atomic E-state index is 0.0454. The molecule has 0 aromatic heterocycles. The molecule has 2 rings (SSSR count). The third-order valence-corrected chi connectivity index (χ3v) is 4.29. The zero-order chi connectivity index (χ0) is 15.9. The number of carbonyl (C=O) groups excluding carboxylic acids is 2. The van der Waals surface area contributed by atoms with Crippen molar-refractivity contribution in [2.45, 2.75) is 38.1 Å². The Morgan fingerprint density at radius 1 is 1.27 bits per heavy atom. The summed E-state index contributed by atoms with van der Waals surface area (Å²) in [5.74, 6) is -0.0261. The van der Waals surface area contributed by atoms with Crippen LogP contribution in [0.3, 0.4) is 0 Å². The molecule has 1 aliphatic carbocycles. The maximum atomic E-state index is 12.6. The number of benzene rings is 1. The second kappa shape index (κ2) is 7.94. The van der Waals surface area contributed by atoms with Crippen LogP contribution in [0.4, 0.5) is 5.69 Å². The maximum Gasteiger partial charge on any atom is 0.325 e. The summed E-state index contributed by atoms with van der Waals surface area (Å²) in [5.41, 5.74) is 7.41. The van der Waals surface area contributed by atoms with Crippen LogP contribution in [-0.2, 0) is 9.53 Å². The van der Waals surface area contributed by atoms with Gasteiger partial charge in [-0.1, -0.05) is 25.0 Å². The molecule has 1 saturated carbocycles. The summed E-state index contributed by atoms with van der Waals surface area (Å²) in [6.45, 7) is 0.0454. The van der Waals surface area contributed by atoms with Crippen LogP contribution < -0.4 is 11.1 Å². The molecule has 5 nitrogen and oxygen atoms in total. The molecule has 0 aliphatic heterocycles. The second-order valence-corrected chi connectivity index (χ2v) is 5.81. The third kappa shape index (κ3) is 4.31. The van der Waals surface area contributed by atoms with Crippen molar-refractivity contribution in [3.05, 3.63) is 29.8 Å². The Labute approximate surface area is 131 Å². The number of carbonyl (C=O) groups is 2. The lowest BCUT2D eigenvalue weighted by molar-refractivity contribution is -0.138. The average molecular weight is 304 g/mol. The Morgan fingerprint density at radius 3 is 2.73 bits per heavy atom. The molecule has 1 aromatic rings. The molecular weight excluding hydrogens is 280 g/mol. The van der Waals surface area contributed by atoms with Crippen molar-refractivity contribution < 1.29 is 14.3 Å². The molecular formula is C17H24N2O3. The van der Waals surface area contributed by atoms with Crippen LogP contribution in [0.1, 0.15) is 42.5 Å². The van der Waals surface area contributed by atoms with Gasteiger partial charge < -0.3 is 15.8 Å². The van der Waals surface area contributed by atoms with Crippen molar-refractivity contribution in [1.29, 1.82) is 0 Å². The summed E-state index contributed by atoms with van der Waals surface area (Å²) in [5, 5.41) is 2.97. The first-order valence-electron chi connectivity index (χ1n) is 7.80. The van der Waals surface area contributed by atoms with Gasteiger partial charge >= 0.3 is 5.97 Å². The number of rotatable bonds is 6. The van der Waals surface area contributed by atoms with E-state index in [0.29, 0.717) is 17.7 Å². The first-order chi connectivity index (χ1) is 10.6. The van der Waals surface area contributed by atoms with Crippen molar-refractivity contribution in [3.63, 3.8) is 0 Å². The van der Waals surface area contributed by atoms with E-state index < -0.39 is 0 Å². The number of ketones is 1. The quantitative estimate of drug-likeness (QED) is 0.623. The topological polar surface area (TPSA) is 81.4 Å². The fourth-order valence-electron chi connectivity index (χ4n) is 2.96. The number of esters is 1. The number of nitrogens with one attached hydrogen (secondary N) is 1. The molecule has 0 spiro atoms. The lowest BCUT2D eigenvalue weighted by Gasteiger charge is -2.28. The number of para-hydroxylation sites is 1. The summed E-state index contributed by atoms with van der Waals surface area (Å²) < 4.78 is 4.60. The molecule has 1 aliphatic rings. The lowest BCUT2D eigenvalue weighted by Crippen LogP contribution is -2.34. The van der Waals surface area contributed by atoms with Crippen molar-refractivity contribution in [3.8, 4) is 0 Å². The number of Topliss-reactive ketones (excluding diaryl/α,β-unsaturated/α-hetero) is 1. The number of nitrogens with two attached hydrogens (primary N) is 1. The first kappa shape index (κ1) is 16.5. The van der Waals surface area contributed by atoms with Gasteiger partial charge in [-0.2, -0.15) is 0 Å². The van der Waals surface area contributed by atoms with Crippen LogP contribution in [0.15, 0.2) is 24.3 Å². The summed E-state index contributed by atoms with van der Waals surface area (Å²) in [6.07, 6.45) is 4.79. The fourth-order valence-corrected chi connectivity index (χ4v) is 2.96. The van der Waals surface area contributed by atoms with Gasteiger partial charge in [0.05, 0.1) is 7.11 Å². The van der Waals surface area contributed by atoms with Crippen molar-refractivity contribution in [2.24, 2.45) is 11.7 Å². The molecule has 3 N–H and O–H groups in total. The molecule has 2 atom stereocenters. The summed E-state index contributed by atoms with van der Waals surface area (Å²) in [7, 11) is 1.34. The molecule has 1 fully saturated rings. The van der Waals surface area contributed by atoms with Crippen LogP contribution in [0.2, 0.25) is 0 Å². The highest BCUT2D eigenvalue weighted by atomic mass is 16.5. The molecule has 0 saturated heterocycles. The van der Waals surface area contributed by atoms with Crippen LogP contribution in [-0.4, -0.2) is 31.4 Å². The van der Waals surface area contributed by atoms with Gasteiger partial charge in [0, 0.05) is 23.7 Å². The average Bonchev–Trinajstić information content (AvgIpc) is 2.55. The highest BCUT2D eigenvalue weighted by Gasteiger charge is 2.25. The Balaban J connectivity index is 2.03. The van der Waals surface area contributed by atoms with Gasteiger partial charge in [-0.05, 0) is 30.9 Å². The Kier molecular flexibility index (Phi) is 5.95. The van der Waals surface area contributed by atoms with Gasteiger partial charge in [0.25, 0.3) is 0 Å². The predicted molar refractivity (Wildman–Crippen MR) is 85.8 cm³/mol. The number of anilines is 1. The zero-order valence-corrected chi connectivity index (χ0v) is 13.0. The largest absolute Gasteiger partial charge is 0.468 e. The van der Waals surface area contributed by atoms with Crippen molar-refractivity contribution in [2.75, 3.05) is 19.0 Å². The number of ether oxygens (including phenoxy) is 1. The SMILES string of the molecule is COC(=O)CNc1ccccc1C(=O)CC1CCCCC1N. The molecule has 0 amide bonds. The van der Waals surface area contributed by atoms with Gasteiger partial charge in [0.1, 0.15) is 6.54 Å². The van der Waals surface area contributed by atoms with E-state index in [0.717, 1.165) is 25.7 Å².